The molecular weight excluding hydrogens is 406 g/mol. The van der Waals surface area contributed by atoms with Gasteiger partial charge in [-0.05, 0) is 23.3 Å². The Morgan fingerprint density at radius 2 is 1.81 bits per heavy atom. The molecule has 1 heterocycles. The van der Waals surface area contributed by atoms with Crippen molar-refractivity contribution in [2.45, 2.75) is 25.3 Å². The second kappa shape index (κ2) is 9.92. The second-order valence-electron chi connectivity index (χ2n) is 6.97. The summed E-state index contributed by atoms with van der Waals surface area (Å²) in [6.45, 7) is 0.431. The number of halogens is 2. The highest BCUT2D eigenvalue weighted by atomic mass is 19.2. The number of hydrogen-bond donors (Lipinski definition) is 2. The standard InChI is InChI=1S/C22H22F2N4O3/c1-25-22(31)21(15-7-8-16(23)17(24)13-15)26-19(29)9-10-20(30)28-12-11-18(27-28)14-5-3-2-4-6-14/h2-8,13,21H,9-12H2,1H3,(H,25,31)(H,26,29). The number of amides is 3. The number of nitrogens with one attached hydrogen (secondary N) is 2. The molecule has 1 aliphatic rings. The zero-order valence-corrected chi connectivity index (χ0v) is 16.9. The topological polar surface area (TPSA) is 90.9 Å². The SMILES string of the molecule is CNC(=O)C(NC(=O)CCC(=O)N1CCC(c2ccccc2)=N1)c1ccc(F)c(F)c1. The van der Waals surface area contributed by atoms with Gasteiger partial charge in [-0.1, -0.05) is 36.4 Å². The fourth-order valence-electron chi connectivity index (χ4n) is 3.19. The zero-order chi connectivity index (χ0) is 22.4. The first kappa shape index (κ1) is 22.1. The van der Waals surface area contributed by atoms with Crippen LogP contribution >= 0.6 is 0 Å². The summed E-state index contributed by atoms with van der Waals surface area (Å²) in [4.78, 5) is 36.9. The number of carbonyl (C=O) groups excluding carboxylic acids is 3. The number of benzene rings is 2. The number of carbonyl (C=O) groups is 3. The number of nitrogens with zero attached hydrogens (tertiary/aromatic N) is 2. The summed E-state index contributed by atoms with van der Waals surface area (Å²) in [6, 6.07) is 11.2. The highest BCUT2D eigenvalue weighted by Crippen LogP contribution is 2.18. The van der Waals surface area contributed by atoms with Crippen molar-refractivity contribution in [3.8, 4) is 0 Å². The average Bonchev–Trinajstić information content (AvgIpc) is 3.28. The van der Waals surface area contributed by atoms with Crippen LogP contribution in [0.5, 0.6) is 0 Å². The molecule has 162 valence electrons. The van der Waals surface area contributed by atoms with Gasteiger partial charge in [-0.25, -0.2) is 13.8 Å². The van der Waals surface area contributed by atoms with Gasteiger partial charge in [0.05, 0.1) is 12.3 Å². The largest absolute Gasteiger partial charge is 0.357 e. The first-order chi connectivity index (χ1) is 14.9. The molecular formula is C22H22F2N4O3. The lowest BCUT2D eigenvalue weighted by atomic mass is 10.1. The number of likely N-dealkylation sites (N-methyl/N-ethyl adjacent to an activating group) is 1. The van der Waals surface area contributed by atoms with E-state index in [2.05, 4.69) is 15.7 Å². The Balaban J connectivity index is 1.59. The lowest BCUT2D eigenvalue weighted by Crippen LogP contribution is -2.39. The Morgan fingerprint density at radius 3 is 2.48 bits per heavy atom. The smallest absolute Gasteiger partial charge is 0.246 e. The molecule has 0 saturated carbocycles. The molecule has 2 N–H and O–H groups in total. The van der Waals surface area contributed by atoms with Gasteiger partial charge in [-0.3, -0.25) is 14.4 Å². The van der Waals surface area contributed by atoms with Gasteiger partial charge in [0.2, 0.25) is 17.7 Å². The van der Waals surface area contributed by atoms with Gasteiger partial charge < -0.3 is 10.6 Å². The minimum atomic E-state index is -1.21. The quantitative estimate of drug-likeness (QED) is 0.709. The van der Waals surface area contributed by atoms with Crippen molar-refractivity contribution in [1.82, 2.24) is 15.6 Å². The molecule has 0 radical (unpaired) electrons. The molecule has 31 heavy (non-hydrogen) atoms. The molecule has 2 aromatic carbocycles. The molecule has 7 nitrogen and oxygen atoms in total. The zero-order valence-electron chi connectivity index (χ0n) is 16.9. The normalized spacial score (nSPS) is 14.0. The van der Waals surface area contributed by atoms with Crippen LogP contribution in [0.3, 0.4) is 0 Å². The Kier molecular flexibility index (Phi) is 7.07. The Labute approximate surface area is 178 Å². The fourth-order valence-corrected chi connectivity index (χ4v) is 3.19. The van der Waals surface area contributed by atoms with Crippen LogP contribution in [0.2, 0.25) is 0 Å². The van der Waals surface area contributed by atoms with Gasteiger partial charge in [-0.2, -0.15) is 5.10 Å². The highest BCUT2D eigenvalue weighted by Gasteiger charge is 2.25. The van der Waals surface area contributed by atoms with Crippen molar-refractivity contribution in [3.05, 3.63) is 71.3 Å². The van der Waals surface area contributed by atoms with E-state index in [1.165, 1.54) is 18.1 Å². The van der Waals surface area contributed by atoms with Gasteiger partial charge in [0.25, 0.3) is 0 Å². The molecule has 0 saturated heterocycles. The molecule has 1 aliphatic heterocycles. The van der Waals surface area contributed by atoms with E-state index in [1.807, 2.05) is 30.3 Å². The van der Waals surface area contributed by atoms with E-state index in [-0.39, 0.29) is 24.3 Å². The summed E-state index contributed by atoms with van der Waals surface area (Å²) >= 11 is 0. The average molecular weight is 428 g/mol. The third-order valence-corrected chi connectivity index (χ3v) is 4.85. The van der Waals surface area contributed by atoms with Gasteiger partial charge >= 0.3 is 0 Å². The molecule has 0 aliphatic carbocycles. The molecule has 9 heteroatoms. The van der Waals surface area contributed by atoms with Crippen molar-refractivity contribution in [1.29, 1.82) is 0 Å². The lowest BCUT2D eigenvalue weighted by Gasteiger charge is -2.18. The van der Waals surface area contributed by atoms with Crippen molar-refractivity contribution < 1.29 is 23.2 Å². The maximum atomic E-state index is 13.5. The predicted molar refractivity (Wildman–Crippen MR) is 110 cm³/mol. The van der Waals surface area contributed by atoms with E-state index < -0.39 is 29.5 Å². The molecule has 1 atom stereocenters. The fraction of sp³-hybridized carbons (Fsp3) is 0.273. The maximum Gasteiger partial charge on any atom is 0.246 e. The minimum absolute atomic E-state index is 0.0922. The molecule has 0 fully saturated rings. The van der Waals surface area contributed by atoms with Crippen LogP contribution in [0.25, 0.3) is 0 Å². The molecule has 0 spiro atoms. The number of hydrogen-bond acceptors (Lipinski definition) is 4. The van der Waals surface area contributed by atoms with Crippen LogP contribution in [0.1, 0.15) is 36.4 Å². The summed E-state index contributed by atoms with van der Waals surface area (Å²) in [6.07, 6.45) is 0.342. The van der Waals surface area contributed by atoms with Crippen LogP contribution in [0, 0.1) is 11.6 Å². The molecule has 2 aromatic rings. The summed E-state index contributed by atoms with van der Waals surface area (Å²) in [5, 5.41) is 10.5. The molecule has 3 rings (SSSR count). The Morgan fingerprint density at radius 1 is 1.06 bits per heavy atom. The van der Waals surface area contributed by atoms with E-state index in [0.717, 1.165) is 23.4 Å². The number of hydrazone groups is 1. The van der Waals surface area contributed by atoms with Crippen LogP contribution in [0.4, 0.5) is 8.78 Å². The van der Waals surface area contributed by atoms with E-state index in [0.29, 0.717) is 13.0 Å². The summed E-state index contributed by atoms with van der Waals surface area (Å²) in [5.41, 5.74) is 1.83. The molecule has 1 unspecified atom stereocenters. The minimum Gasteiger partial charge on any atom is -0.357 e. The van der Waals surface area contributed by atoms with Crippen molar-refractivity contribution >= 4 is 23.4 Å². The lowest BCUT2D eigenvalue weighted by molar-refractivity contribution is -0.134. The van der Waals surface area contributed by atoms with Gasteiger partial charge in [0.1, 0.15) is 6.04 Å². The van der Waals surface area contributed by atoms with Crippen molar-refractivity contribution in [2.75, 3.05) is 13.6 Å². The summed E-state index contributed by atoms with van der Waals surface area (Å²) < 4.78 is 26.7. The van der Waals surface area contributed by atoms with E-state index in [4.69, 9.17) is 0 Å². The Bertz CT molecular complexity index is 1010. The second-order valence-corrected chi connectivity index (χ2v) is 6.97. The highest BCUT2D eigenvalue weighted by molar-refractivity contribution is 6.02. The third-order valence-electron chi connectivity index (χ3n) is 4.85. The monoisotopic (exact) mass is 428 g/mol. The van der Waals surface area contributed by atoms with Crippen molar-refractivity contribution in [3.63, 3.8) is 0 Å². The van der Waals surface area contributed by atoms with Crippen molar-refractivity contribution in [2.24, 2.45) is 5.10 Å². The van der Waals surface area contributed by atoms with Crippen LogP contribution in [-0.2, 0) is 14.4 Å². The van der Waals surface area contributed by atoms with Crippen LogP contribution in [-0.4, -0.2) is 42.0 Å². The summed E-state index contributed by atoms with van der Waals surface area (Å²) in [7, 11) is 1.36. The Hall–Kier alpha value is -3.62. The molecule has 0 bridgehead atoms. The van der Waals surface area contributed by atoms with Crippen LogP contribution in [0.15, 0.2) is 53.6 Å². The van der Waals surface area contributed by atoms with E-state index in [1.54, 1.807) is 0 Å². The molecule has 0 aromatic heterocycles. The van der Waals surface area contributed by atoms with Crippen LogP contribution < -0.4 is 10.6 Å². The van der Waals surface area contributed by atoms with Gasteiger partial charge in [-0.15, -0.1) is 0 Å². The molecule has 3 amide bonds. The first-order valence-corrected chi connectivity index (χ1v) is 9.78. The summed E-state index contributed by atoms with van der Waals surface area (Å²) in [5.74, 6) is -3.67. The number of rotatable bonds is 7. The predicted octanol–water partition coefficient (Wildman–Crippen LogP) is 2.28. The first-order valence-electron chi connectivity index (χ1n) is 9.78. The van der Waals surface area contributed by atoms with Gasteiger partial charge in [0, 0.05) is 26.3 Å². The van der Waals surface area contributed by atoms with E-state index >= 15 is 0 Å². The third kappa shape index (κ3) is 5.50. The van der Waals surface area contributed by atoms with E-state index in [9.17, 15) is 23.2 Å². The van der Waals surface area contributed by atoms with Gasteiger partial charge in [0.15, 0.2) is 11.6 Å². The maximum absolute atomic E-state index is 13.5.